The molecular formula is C34H42IN5O11S2. The second-order valence-electron chi connectivity index (χ2n) is 14.3. The third-order valence-electron chi connectivity index (χ3n) is 7.20. The number of anilines is 1. The monoisotopic (exact) mass is 887 g/mol. The van der Waals surface area contributed by atoms with Crippen molar-refractivity contribution in [2.45, 2.75) is 90.2 Å². The Labute approximate surface area is 327 Å². The van der Waals surface area contributed by atoms with E-state index in [0.717, 1.165) is 16.2 Å². The van der Waals surface area contributed by atoms with Gasteiger partial charge in [0.05, 0.1) is 7.11 Å². The van der Waals surface area contributed by atoms with Crippen molar-refractivity contribution < 1.29 is 52.3 Å². The lowest BCUT2D eigenvalue weighted by molar-refractivity contribution is -0.179. The molecule has 3 atom stereocenters. The largest absolute Gasteiger partial charge is 0.614 e. The van der Waals surface area contributed by atoms with Gasteiger partial charge in [-0.05, 0) is 84.3 Å². The molecule has 288 valence electrons. The molecule has 0 bridgehead atoms. The zero-order valence-electron chi connectivity index (χ0n) is 30.7. The Morgan fingerprint density at radius 1 is 1.06 bits per heavy atom. The second-order valence-corrected chi connectivity index (χ2v) is 17.4. The summed E-state index contributed by atoms with van der Waals surface area (Å²) < 4.78 is 35.2. The Bertz CT molecular complexity index is 1800. The van der Waals surface area contributed by atoms with Crippen LogP contribution in [0.25, 0.3) is 0 Å². The maximum Gasteiger partial charge on any atom is 0.413 e. The lowest BCUT2D eigenvalue weighted by Gasteiger charge is -2.49. The number of nitrogens with zero attached hydrogens (tertiary/aromatic N) is 3. The van der Waals surface area contributed by atoms with Crippen LogP contribution in [-0.4, -0.2) is 95.5 Å². The van der Waals surface area contributed by atoms with Gasteiger partial charge >= 0.3 is 18.0 Å². The highest BCUT2D eigenvalue weighted by Gasteiger charge is 2.61. The van der Waals surface area contributed by atoms with Crippen molar-refractivity contribution in [2.24, 2.45) is 5.16 Å². The van der Waals surface area contributed by atoms with Gasteiger partial charge in [-0.3, -0.25) is 19.8 Å². The highest BCUT2D eigenvalue weighted by atomic mass is 127. The van der Waals surface area contributed by atoms with E-state index < -0.39 is 75.0 Å². The van der Waals surface area contributed by atoms with E-state index in [2.05, 4.69) is 20.8 Å². The van der Waals surface area contributed by atoms with Gasteiger partial charge in [0.2, 0.25) is 11.0 Å². The van der Waals surface area contributed by atoms with Crippen LogP contribution in [-0.2, 0) is 56.0 Å². The predicted molar refractivity (Wildman–Crippen MR) is 204 cm³/mol. The van der Waals surface area contributed by atoms with E-state index in [9.17, 15) is 28.5 Å². The predicted octanol–water partition coefficient (Wildman–Crippen LogP) is 4.19. The molecule has 3 amide bonds. The lowest BCUT2D eigenvalue weighted by Crippen LogP contribution is -2.75. The number of halogens is 1. The van der Waals surface area contributed by atoms with Crippen LogP contribution in [0, 0.1) is 0 Å². The van der Waals surface area contributed by atoms with Gasteiger partial charge in [-0.25, -0.2) is 19.4 Å². The third kappa shape index (κ3) is 10.6. The number of alkyl halides is 1. The molecule has 16 nitrogen and oxygen atoms in total. The molecule has 1 unspecified atom stereocenters. The zero-order chi connectivity index (χ0) is 39.5. The molecule has 4 rings (SSSR count). The maximum atomic E-state index is 13.9. The summed E-state index contributed by atoms with van der Waals surface area (Å²) >= 11 is 1.26. The number of thiazole rings is 1. The smallest absolute Gasteiger partial charge is 0.413 e. The Balaban J connectivity index is 1.57. The number of esters is 2. The molecule has 1 fully saturated rings. The van der Waals surface area contributed by atoms with Gasteiger partial charge in [0.15, 0.2) is 16.9 Å². The van der Waals surface area contributed by atoms with E-state index in [-0.39, 0.29) is 28.9 Å². The van der Waals surface area contributed by atoms with Crippen LogP contribution < -0.4 is 15.4 Å². The number of carbonyl (C=O) groups excluding carboxylic acids is 5. The molecular weight excluding hydrogens is 845 g/mol. The van der Waals surface area contributed by atoms with Crippen molar-refractivity contribution in [3.05, 3.63) is 52.2 Å². The topological polar surface area (TPSA) is 207 Å². The fourth-order valence-corrected chi connectivity index (χ4v) is 8.09. The summed E-state index contributed by atoms with van der Waals surface area (Å²) in [5.74, 6) is -2.62. The summed E-state index contributed by atoms with van der Waals surface area (Å²) in [6.07, 6.45) is -0.791. The number of nitrogens with one attached hydrogen (secondary N) is 2. The van der Waals surface area contributed by atoms with Crippen molar-refractivity contribution in [1.82, 2.24) is 15.2 Å². The van der Waals surface area contributed by atoms with Crippen molar-refractivity contribution in [2.75, 3.05) is 22.6 Å². The van der Waals surface area contributed by atoms with Crippen LogP contribution in [0.2, 0.25) is 0 Å². The first-order valence-corrected chi connectivity index (χ1v) is 20.0. The molecule has 2 aliphatic rings. The van der Waals surface area contributed by atoms with Crippen LogP contribution in [0.15, 0.2) is 46.1 Å². The average Bonchev–Trinajstić information content (AvgIpc) is 3.51. The molecule has 0 saturated carbocycles. The van der Waals surface area contributed by atoms with Gasteiger partial charge in [-0.15, -0.1) is 11.3 Å². The molecule has 3 heterocycles. The minimum atomic E-state index is -1.71. The standard InChI is InChI=1S/C34H42IN5O11S2/c1-32(2,3)49-29(44)34(7,8)51-39-22(21-16-52-30(36-21)38-31(45)50-33(4,5)6)25(41)37-23-26(42)40-24(19(14-35)17-53(46)27(23)40)28(43)48-15-18-10-12-20(47-9)13-11-18/h10-13,16,23,27H,14-15,17H2,1-9H3,(H,37,41)(H,36,38,45)/t23-,27-,53?/m1/s1. The first-order valence-electron chi connectivity index (χ1n) is 16.2. The number of carbonyl (C=O) groups is 5. The van der Waals surface area contributed by atoms with Crippen LogP contribution in [0.4, 0.5) is 9.93 Å². The molecule has 1 aromatic heterocycles. The summed E-state index contributed by atoms with van der Waals surface area (Å²) in [4.78, 5) is 77.1. The third-order valence-corrected chi connectivity index (χ3v) is 10.5. The summed E-state index contributed by atoms with van der Waals surface area (Å²) in [6.45, 7) is 12.8. The van der Waals surface area contributed by atoms with Gasteiger partial charge in [0, 0.05) is 15.4 Å². The number of rotatable bonds is 12. The van der Waals surface area contributed by atoms with Crippen molar-refractivity contribution in [3.63, 3.8) is 0 Å². The normalized spacial score (nSPS) is 19.1. The van der Waals surface area contributed by atoms with Gasteiger partial charge < -0.3 is 33.7 Å². The van der Waals surface area contributed by atoms with Crippen molar-refractivity contribution in [1.29, 1.82) is 0 Å². The van der Waals surface area contributed by atoms with E-state index in [0.29, 0.717) is 21.3 Å². The molecule has 1 saturated heterocycles. The van der Waals surface area contributed by atoms with Gasteiger partial charge in [0.25, 0.3) is 11.8 Å². The molecule has 1 aromatic carbocycles. The van der Waals surface area contributed by atoms with Gasteiger partial charge in [-0.1, -0.05) is 39.9 Å². The zero-order valence-corrected chi connectivity index (χ0v) is 34.5. The SMILES string of the molecule is COc1ccc(COC(=O)C2=C(CI)C[S+]([O-])[C@@H]3[C@H](NC(=O)C(=NOC(C)(C)C(=O)OC(C)(C)C)c4csc(NC(=O)OC(C)(C)C)n4)C(=O)N23)cc1. The first-order chi connectivity index (χ1) is 24.6. The van der Waals surface area contributed by atoms with Gasteiger partial charge in [-0.2, -0.15) is 0 Å². The van der Waals surface area contributed by atoms with Crippen LogP contribution in [0.1, 0.15) is 66.6 Å². The summed E-state index contributed by atoms with van der Waals surface area (Å²) in [5.41, 5.74) is -2.75. The molecule has 19 heteroatoms. The van der Waals surface area contributed by atoms with E-state index in [1.807, 2.05) is 22.6 Å². The second kappa shape index (κ2) is 16.6. The van der Waals surface area contributed by atoms with Crippen LogP contribution in [0.5, 0.6) is 5.75 Å². The fourth-order valence-electron chi connectivity index (χ4n) is 4.73. The Morgan fingerprint density at radius 3 is 2.28 bits per heavy atom. The number of hydrogen-bond donors (Lipinski definition) is 2. The summed E-state index contributed by atoms with van der Waals surface area (Å²) in [6, 6.07) is 5.57. The molecule has 0 aliphatic carbocycles. The Kier molecular flexibility index (Phi) is 13.1. The highest BCUT2D eigenvalue weighted by molar-refractivity contribution is 14.1. The molecule has 0 spiro atoms. The summed E-state index contributed by atoms with van der Waals surface area (Å²) in [5, 5.41) is 9.36. The number of benzene rings is 1. The Hall–Kier alpha value is -3.95. The van der Waals surface area contributed by atoms with Crippen LogP contribution >= 0.6 is 33.9 Å². The van der Waals surface area contributed by atoms with E-state index in [4.69, 9.17) is 23.8 Å². The molecule has 0 radical (unpaired) electrons. The van der Waals surface area contributed by atoms with E-state index >= 15 is 0 Å². The van der Waals surface area contributed by atoms with Crippen LogP contribution in [0.3, 0.4) is 0 Å². The number of fused-ring (bicyclic) bond motifs is 1. The number of oxime groups is 1. The molecule has 2 aliphatic heterocycles. The molecule has 2 aromatic rings. The average molecular weight is 888 g/mol. The maximum absolute atomic E-state index is 13.9. The molecule has 2 N–H and O–H groups in total. The quantitative estimate of drug-likeness (QED) is 0.0450. The fraction of sp³-hybridized carbons (Fsp3) is 0.500. The van der Waals surface area contributed by atoms with Gasteiger partial charge in [0.1, 0.15) is 40.7 Å². The van der Waals surface area contributed by atoms with E-state index in [1.165, 1.54) is 26.3 Å². The molecule has 53 heavy (non-hydrogen) atoms. The first kappa shape index (κ1) is 41.8. The Morgan fingerprint density at radius 2 is 1.70 bits per heavy atom. The number of ether oxygens (including phenoxy) is 4. The van der Waals surface area contributed by atoms with E-state index in [1.54, 1.807) is 65.8 Å². The number of methoxy groups -OCH3 is 1. The van der Waals surface area contributed by atoms with Crippen molar-refractivity contribution >= 4 is 85.8 Å². The minimum absolute atomic E-state index is 0.0262. The number of hydrogen-bond acceptors (Lipinski definition) is 14. The number of β-lactam (4-membered cyclic amide) rings is 1. The summed E-state index contributed by atoms with van der Waals surface area (Å²) in [7, 11) is 1.53. The number of amides is 3. The minimum Gasteiger partial charge on any atom is -0.614 e. The highest BCUT2D eigenvalue weighted by Crippen LogP contribution is 2.38. The van der Waals surface area contributed by atoms with Crippen molar-refractivity contribution in [3.8, 4) is 5.75 Å². The number of aromatic nitrogens is 1. The lowest BCUT2D eigenvalue weighted by atomic mass is 10.0.